The first kappa shape index (κ1) is 13.5. The Hall–Kier alpha value is -1.43. The number of aliphatic hydroxyl groups excluding tert-OH is 1. The van der Waals surface area contributed by atoms with Crippen molar-refractivity contribution in [2.75, 3.05) is 19.8 Å². The number of aliphatic hydroxyl groups is 1. The summed E-state index contributed by atoms with van der Waals surface area (Å²) < 4.78 is 5.30. The van der Waals surface area contributed by atoms with Crippen molar-refractivity contribution in [1.82, 2.24) is 5.06 Å². The second kappa shape index (κ2) is 5.52. The molecule has 0 unspecified atom stereocenters. The summed E-state index contributed by atoms with van der Waals surface area (Å²) in [4.78, 5) is 18.3. The first-order valence-electron chi connectivity index (χ1n) is 6.95. The number of fused-ring (bicyclic) bond motifs is 1. The molecule has 3 rings (SSSR count). The van der Waals surface area contributed by atoms with Crippen LogP contribution in [0.3, 0.4) is 0 Å². The van der Waals surface area contributed by atoms with Crippen LogP contribution in [-0.2, 0) is 27.5 Å². The molecule has 2 heterocycles. The Bertz CT molecular complexity index is 496. The van der Waals surface area contributed by atoms with Gasteiger partial charge >= 0.3 is 0 Å². The van der Waals surface area contributed by atoms with Crippen molar-refractivity contribution in [2.45, 2.75) is 26.0 Å². The molecule has 1 N–H and O–H groups in total. The van der Waals surface area contributed by atoms with Gasteiger partial charge < -0.3 is 9.84 Å². The van der Waals surface area contributed by atoms with Crippen LogP contribution in [0.25, 0.3) is 0 Å². The lowest BCUT2D eigenvalue weighted by Gasteiger charge is -2.39. The summed E-state index contributed by atoms with van der Waals surface area (Å²) in [7, 11) is 0. The molecule has 0 spiro atoms. The molecule has 20 heavy (non-hydrogen) atoms. The van der Waals surface area contributed by atoms with Crippen LogP contribution in [0.2, 0.25) is 0 Å². The van der Waals surface area contributed by atoms with Crippen molar-refractivity contribution in [1.29, 1.82) is 0 Å². The molecule has 0 bridgehead atoms. The third kappa shape index (κ3) is 2.32. The summed E-state index contributed by atoms with van der Waals surface area (Å²) in [6.07, 6.45) is 1.09. The van der Waals surface area contributed by atoms with E-state index in [1.807, 2.05) is 24.3 Å². The average molecular weight is 277 g/mol. The summed E-state index contributed by atoms with van der Waals surface area (Å²) in [6.45, 7) is 1.71. The number of ether oxygens (including phenoxy) is 1. The van der Waals surface area contributed by atoms with E-state index in [0.29, 0.717) is 39.2 Å². The van der Waals surface area contributed by atoms with Crippen molar-refractivity contribution >= 4 is 5.91 Å². The number of hydrogen-bond donors (Lipinski definition) is 1. The van der Waals surface area contributed by atoms with Gasteiger partial charge in [-0.1, -0.05) is 24.3 Å². The summed E-state index contributed by atoms with van der Waals surface area (Å²) >= 11 is 0. The highest BCUT2D eigenvalue weighted by Crippen LogP contribution is 2.34. The molecule has 0 saturated carbocycles. The van der Waals surface area contributed by atoms with E-state index in [4.69, 9.17) is 9.57 Å². The molecule has 2 aliphatic rings. The van der Waals surface area contributed by atoms with E-state index in [2.05, 4.69) is 0 Å². The summed E-state index contributed by atoms with van der Waals surface area (Å²) in [5.74, 6) is -0.127. The second-order valence-corrected chi connectivity index (χ2v) is 5.43. The lowest BCUT2D eigenvalue weighted by molar-refractivity contribution is -0.217. The van der Waals surface area contributed by atoms with E-state index in [0.717, 1.165) is 11.1 Å². The highest BCUT2D eigenvalue weighted by Gasteiger charge is 2.43. The Morgan fingerprint density at radius 3 is 2.65 bits per heavy atom. The number of hydrogen-bond acceptors (Lipinski definition) is 4. The largest absolute Gasteiger partial charge is 0.395 e. The fourth-order valence-electron chi connectivity index (χ4n) is 2.80. The van der Waals surface area contributed by atoms with Gasteiger partial charge in [-0.3, -0.25) is 9.63 Å². The van der Waals surface area contributed by atoms with Gasteiger partial charge in [0.25, 0.3) is 5.91 Å². The maximum atomic E-state index is 12.7. The van der Waals surface area contributed by atoms with Gasteiger partial charge in [0.15, 0.2) is 0 Å². The van der Waals surface area contributed by atoms with Crippen LogP contribution in [-0.4, -0.2) is 35.9 Å². The number of hydroxylamine groups is 2. The summed E-state index contributed by atoms with van der Waals surface area (Å²) in [5.41, 5.74) is 1.47. The highest BCUT2D eigenvalue weighted by atomic mass is 16.7. The van der Waals surface area contributed by atoms with E-state index < -0.39 is 5.41 Å². The minimum Gasteiger partial charge on any atom is -0.395 e. The Balaban J connectivity index is 1.78. The molecular formula is C15H19NO4. The Kier molecular flexibility index (Phi) is 3.74. The van der Waals surface area contributed by atoms with E-state index in [1.165, 1.54) is 5.06 Å². The second-order valence-electron chi connectivity index (χ2n) is 5.43. The third-order valence-electron chi connectivity index (χ3n) is 4.24. The molecular weight excluding hydrogens is 258 g/mol. The van der Waals surface area contributed by atoms with E-state index in [-0.39, 0.29) is 12.5 Å². The fraction of sp³-hybridized carbons (Fsp3) is 0.533. The lowest BCUT2D eigenvalue weighted by atomic mass is 9.80. The zero-order valence-electron chi connectivity index (χ0n) is 11.4. The van der Waals surface area contributed by atoms with Crippen LogP contribution in [0.15, 0.2) is 24.3 Å². The van der Waals surface area contributed by atoms with Crippen molar-refractivity contribution in [3.63, 3.8) is 0 Å². The van der Waals surface area contributed by atoms with Crippen LogP contribution in [0.4, 0.5) is 0 Å². The number of benzene rings is 1. The Morgan fingerprint density at radius 1 is 1.25 bits per heavy atom. The van der Waals surface area contributed by atoms with Crippen molar-refractivity contribution in [2.24, 2.45) is 5.41 Å². The normalized spacial score (nSPS) is 21.4. The molecule has 5 heteroatoms. The van der Waals surface area contributed by atoms with Crippen LogP contribution in [0.1, 0.15) is 24.0 Å². The van der Waals surface area contributed by atoms with Crippen molar-refractivity contribution < 1.29 is 19.5 Å². The number of amides is 1. The number of rotatable bonds is 2. The maximum Gasteiger partial charge on any atom is 0.255 e. The first-order chi connectivity index (χ1) is 9.75. The van der Waals surface area contributed by atoms with Crippen LogP contribution in [0, 0.1) is 5.41 Å². The highest BCUT2D eigenvalue weighted by molar-refractivity contribution is 5.82. The molecule has 0 aliphatic carbocycles. The van der Waals surface area contributed by atoms with Crippen LogP contribution in [0.5, 0.6) is 0 Å². The Morgan fingerprint density at radius 2 is 1.95 bits per heavy atom. The number of nitrogens with zero attached hydrogens (tertiary/aromatic N) is 1. The van der Waals surface area contributed by atoms with Gasteiger partial charge in [0.05, 0.1) is 18.6 Å². The average Bonchev–Trinajstić information content (AvgIpc) is 2.54. The van der Waals surface area contributed by atoms with Gasteiger partial charge in [0, 0.05) is 13.2 Å². The molecule has 1 amide bonds. The Labute approximate surface area is 118 Å². The summed E-state index contributed by atoms with van der Waals surface area (Å²) in [6, 6.07) is 7.94. The van der Waals surface area contributed by atoms with Crippen molar-refractivity contribution in [3.8, 4) is 0 Å². The molecule has 108 valence electrons. The topological polar surface area (TPSA) is 59.0 Å². The van der Waals surface area contributed by atoms with Gasteiger partial charge in [-0.25, -0.2) is 5.06 Å². The van der Waals surface area contributed by atoms with Gasteiger partial charge in [0.1, 0.15) is 6.61 Å². The molecule has 1 fully saturated rings. The predicted octanol–water partition coefficient (Wildman–Crippen LogP) is 1.25. The SMILES string of the molecule is O=C(N1Cc2ccccc2CO1)C1(CO)CCOCC1. The van der Waals surface area contributed by atoms with Crippen LogP contribution >= 0.6 is 0 Å². The third-order valence-corrected chi connectivity index (χ3v) is 4.24. The van der Waals surface area contributed by atoms with Gasteiger partial charge in [0.2, 0.25) is 0 Å². The zero-order chi connectivity index (χ0) is 14.0. The van der Waals surface area contributed by atoms with Crippen LogP contribution < -0.4 is 0 Å². The lowest BCUT2D eigenvalue weighted by Crippen LogP contribution is -2.49. The van der Waals surface area contributed by atoms with Gasteiger partial charge in [-0.2, -0.15) is 0 Å². The molecule has 5 nitrogen and oxygen atoms in total. The van der Waals surface area contributed by atoms with E-state index in [1.54, 1.807) is 0 Å². The number of carbonyl (C=O) groups is 1. The maximum absolute atomic E-state index is 12.7. The van der Waals surface area contributed by atoms with E-state index >= 15 is 0 Å². The van der Waals surface area contributed by atoms with Gasteiger partial charge in [-0.05, 0) is 24.0 Å². The zero-order valence-corrected chi connectivity index (χ0v) is 11.4. The molecule has 1 aromatic rings. The minimum atomic E-state index is -0.746. The fourth-order valence-corrected chi connectivity index (χ4v) is 2.80. The molecule has 2 aliphatic heterocycles. The molecule has 0 atom stereocenters. The van der Waals surface area contributed by atoms with Crippen molar-refractivity contribution in [3.05, 3.63) is 35.4 Å². The smallest absolute Gasteiger partial charge is 0.255 e. The van der Waals surface area contributed by atoms with E-state index in [9.17, 15) is 9.90 Å². The summed E-state index contributed by atoms with van der Waals surface area (Å²) in [5, 5.41) is 11.1. The predicted molar refractivity (Wildman–Crippen MR) is 71.4 cm³/mol. The number of carbonyl (C=O) groups excluding carboxylic acids is 1. The molecule has 0 radical (unpaired) electrons. The monoisotopic (exact) mass is 277 g/mol. The standard InChI is InChI=1S/C15H19NO4/c17-11-15(5-7-19-8-6-15)14(18)16-9-12-3-1-2-4-13(12)10-20-16/h1-4,17H,5-11H2. The molecule has 0 aromatic heterocycles. The first-order valence-corrected chi connectivity index (χ1v) is 6.95. The quantitative estimate of drug-likeness (QED) is 0.884. The molecule has 1 saturated heterocycles. The molecule has 1 aromatic carbocycles. The minimum absolute atomic E-state index is 0.127. The van der Waals surface area contributed by atoms with Gasteiger partial charge in [-0.15, -0.1) is 0 Å².